The molecule has 1 aromatic heterocycles. The van der Waals surface area contributed by atoms with Crippen LogP contribution in [0.15, 0.2) is 48.7 Å². The molecule has 0 atom stereocenters. The highest BCUT2D eigenvalue weighted by Crippen LogP contribution is 2.28. The third-order valence-corrected chi connectivity index (χ3v) is 4.03. The van der Waals surface area contributed by atoms with Crippen molar-refractivity contribution in [2.75, 3.05) is 6.61 Å². The van der Waals surface area contributed by atoms with Gasteiger partial charge in [0.15, 0.2) is 6.61 Å². The van der Waals surface area contributed by atoms with Gasteiger partial charge in [0.1, 0.15) is 5.75 Å². The molecule has 0 saturated heterocycles. The first-order valence-electron chi connectivity index (χ1n) is 7.54. The van der Waals surface area contributed by atoms with E-state index in [0.717, 1.165) is 0 Å². The molecule has 1 N–H and O–H groups in total. The van der Waals surface area contributed by atoms with Gasteiger partial charge in [-0.05, 0) is 36.4 Å². The van der Waals surface area contributed by atoms with Crippen LogP contribution in [0.5, 0.6) is 5.75 Å². The van der Waals surface area contributed by atoms with Crippen molar-refractivity contribution in [3.63, 3.8) is 0 Å². The minimum Gasteiger partial charge on any atom is -0.484 e. The molecule has 0 unspecified atom stereocenters. The van der Waals surface area contributed by atoms with Crippen molar-refractivity contribution < 1.29 is 27.8 Å². The number of aromatic carboxylic acids is 1. The van der Waals surface area contributed by atoms with Gasteiger partial charge in [0.05, 0.1) is 12.1 Å². The van der Waals surface area contributed by atoms with E-state index in [4.69, 9.17) is 16.3 Å². The Labute approximate surface area is 151 Å². The molecule has 2 aromatic carbocycles. The van der Waals surface area contributed by atoms with Gasteiger partial charge in [-0.3, -0.25) is 0 Å². The molecule has 8 heteroatoms. The van der Waals surface area contributed by atoms with E-state index >= 15 is 0 Å². The number of carboxylic acid groups (broad SMARTS) is 1. The molecule has 0 saturated carbocycles. The van der Waals surface area contributed by atoms with Crippen LogP contribution in [0.2, 0.25) is 5.02 Å². The number of alkyl halides is 3. The van der Waals surface area contributed by atoms with Gasteiger partial charge in [0.2, 0.25) is 0 Å². The summed E-state index contributed by atoms with van der Waals surface area (Å²) in [6, 6.07) is 10.9. The number of nitrogens with zero attached hydrogens (tertiary/aromatic N) is 1. The molecular formula is C18H13ClF3NO3. The Balaban J connectivity index is 1.96. The van der Waals surface area contributed by atoms with Crippen LogP contribution in [0.4, 0.5) is 13.2 Å². The Morgan fingerprint density at radius 2 is 1.96 bits per heavy atom. The summed E-state index contributed by atoms with van der Waals surface area (Å²) in [5.74, 6) is -0.978. The van der Waals surface area contributed by atoms with Gasteiger partial charge in [0.25, 0.3) is 0 Å². The Morgan fingerprint density at radius 3 is 2.65 bits per heavy atom. The highest BCUT2D eigenvalue weighted by molar-refractivity contribution is 6.30. The van der Waals surface area contributed by atoms with Crippen LogP contribution in [0.3, 0.4) is 0 Å². The highest BCUT2D eigenvalue weighted by Gasteiger charge is 2.28. The molecular weight excluding hydrogens is 371 g/mol. The molecule has 0 aliphatic heterocycles. The van der Waals surface area contributed by atoms with Crippen molar-refractivity contribution in [1.29, 1.82) is 0 Å². The lowest BCUT2D eigenvalue weighted by atomic mass is 10.1. The maximum atomic E-state index is 12.4. The molecule has 3 rings (SSSR count). The molecule has 4 nitrogen and oxygen atoms in total. The first kappa shape index (κ1) is 18.1. The van der Waals surface area contributed by atoms with E-state index in [0.29, 0.717) is 21.5 Å². The zero-order chi connectivity index (χ0) is 18.9. The van der Waals surface area contributed by atoms with E-state index < -0.39 is 18.8 Å². The number of carbonyl (C=O) groups is 1. The van der Waals surface area contributed by atoms with Crippen LogP contribution < -0.4 is 4.74 Å². The minimum absolute atomic E-state index is 0.0722. The van der Waals surface area contributed by atoms with Gasteiger partial charge < -0.3 is 14.4 Å². The summed E-state index contributed by atoms with van der Waals surface area (Å²) in [6.07, 6.45) is -2.78. The average Bonchev–Trinajstić information content (AvgIpc) is 2.96. The number of carboxylic acids is 1. The van der Waals surface area contributed by atoms with Gasteiger partial charge in [0, 0.05) is 27.7 Å². The van der Waals surface area contributed by atoms with Gasteiger partial charge in [-0.25, -0.2) is 4.79 Å². The van der Waals surface area contributed by atoms with E-state index in [1.165, 1.54) is 24.3 Å². The number of aromatic nitrogens is 1. The minimum atomic E-state index is -4.45. The van der Waals surface area contributed by atoms with Crippen molar-refractivity contribution in [1.82, 2.24) is 4.57 Å². The molecule has 1 heterocycles. The number of halogens is 4. The summed E-state index contributed by atoms with van der Waals surface area (Å²) >= 11 is 5.97. The number of benzene rings is 2. The fraction of sp³-hybridized carbons (Fsp3) is 0.167. The summed E-state index contributed by atoms with van der Waals surface area (Å²) in [5, 5.41) is 10.2. The van der Waals surface area contributed by atoms with E-state index in [9.17, 15) is 23.1 Å². The predicted molar refractivity (Wildman–Crippen MR) is 91.0 cm³/mol. The predicted octanol–water partition coefficient (Wildman–Crippen LogP) is 4.98. The molecule has 0 fully saturated rings. The van der Waals surface area contributed by atoms with Crippen molar-refractivity contribution >= 4 is 28.5 Å². The second-order valence-electron chi connectivity index (χ2n) is 5.64. The summed E-state index contributed by atoms with van der Waals surface area (Å²) in [7, 11) is 0. The zero-order valence-corrected chi connectivity index (χ0v) is 14.0. The van der Waals surface area contributed by atoms with Gasteiger partial charge >= 0.3 is 12.1 Å². The Morgan fingerprint density at radius 1 is 1.19 bits per heavy atom. The van der Waals surface area contributed by atoms with Crippen LogP contribution in [0, 0.1) is 0 Å². The number of ether oxygens (including phenoxy) is 1. The number of fused-ring (bicyclic) bond motifs is 1. The van der Waals surface area contributed by atoms with Crippen LogP contribution in [-0.4, -0.2) is 28.4 Å². The van der Waals surface area contributed by atoms with E-state index in [-0.39, 0.29) is 17.9 Å². The molecule has 0 bridgehead atoms. The highest BCUT2D eigenvalue weighted by atomic mass is 35.5. The average molecular weight is 384 g/mol. The van der Waals surface area contributed by atoms with Crippen LogP contribution in [0.1, 0.15) is 15.9 Å². The molecule has 0 aliphatic rings. The topological polar surface area (TPSA) is 51.5 Å². The fourth-order valence-corrected chi connectivity index (χ4v) is 2.90. The SMILES string of the molecule is O=C(O)c1cccc2c1ccn2Cc1cc(Cl)ccc1OCC(F)(F)F. The first-order valence-corrected chi connectivity index (χ1v) is 7.91. The maximum absolute atomic E-state index is 12.4. The van der Waals surface area contributed by atoms with Crippen molar-refractivity contribution in [2.45, 2.75) is 12.7 Å². The van der Waals surface area contributed by atoms with Gasteiger partial charge in [-0.15, -0.1) is 0 Å². The van der Waals surface area contributed by atoms with Crippen LogP contribution in [-0.2, 0) is 6.54 Å². The molecule has 26 heavy (non-hydrogen) atoms. The lowest BCUT2D eigenvalue weighted by Crippen LogP contribution is -2.20. The zero-order valence-electron chi connectivity index (χ0n) is 13.3. The lowest BCUT2D eigenvalue weighted by molar-refractivity contribution is -0.153. The fourth-order valence-electron chi connectivity index (χ4n) is 2.70. The van der Waals surface area contributed by atoms with Crippen molar-refractivity contribution in [3.05, 3.63) is 64.8 Å². The summed E-state index contributed by atoms with van der Waals surface area (Å²) < 4.78 is 44.0. The smallest absolute Gasteiger partial charge is 0.422 e. The van der Waals surface area contributed by atoms with E-state index in [1.54, 1.807) is 29.0 Å². The third kappa shape index (κ3) is 3.94. The summed E-state index contributed by atoms with van der Waals surface area (Å²) in [6.45, 7) is -1.22. The summed E-state index contributed by atoms with van der Waals surface area (Å²) in [4.78, 5) is 11.3. The number of rotatable bonds is 5. The Bertz CT molecular complexity index is 966. The number of hydrogen-bond donors (Lipinski definition) is 1. The van der Waals surface area contributed by atoms with Crippen molar-refractivity contribution in [3.8, 4) is 5.75 Å². The third-order valence-electron chi connectivity index (χ3n) is 3.80. The molecule has 3 aromatic rings. The standard InChI is InChI=1S/C18H13ClF3NO3/c19-12-4-5-16(26-10-18(20,21)22)11(8-12)9-23-7-6-13-14(17(24)25)2-1-3-15(13)23/h1-8H,9-10H2,(H,24,25). The summed E-state index contributed by atoms with van der Waals surface area (Å²) in [5.41, 5.74) is 1.26. The first-order chi connectivity index (χ1) is 12.2. The molecule has 0 spiro atoms. The van der Waals surface area contributed by atoms with E-state index in [1.807, 2.05) is 0 Å². The van der Waals surface area contributed by atoms with Crippen LogP contribution in [0.25, 0.3) is 10.9 Å². The molecule has 0 amide bonds. The second-order valence-corrected chi connectivity index (χ2v) is 6.08. The Hall–Kier alpha value is -2.67. The second kappa shape index (κ2) is 6.92. The van der Waals surface area contributed by atoms with Gasteiger partial charge in [-0.2, -0.15) is 13.2 Å². The Kier molecular flexibility index (Phi) is 4.82. The van der Waals surface area contributed by atoms with Crippen LogP contribution >= 0.6 is 11.6 Å². The normalized spacial score (nSPS) is 11.7. The molecule has 0 aliphatic carbocycles. The largest absolute Gasteiger partial charge is 0.484 e. The lowest BCUT2D eigenvalue weighted by Gasteiger charge is -2.14. The quantitative estimate of drug-likeness (QED) is 0.676. The van der Waals surface area contributed by atoms with Crippen molar-refractivity contribution in [2.24, 2.45) is 0 Å². The molecule has 136 valence electrons. The van der Waals surface area contributed by atoms with Gasteiger partial charge in [-0.1, -0.05) is 17.7 Å². The van der Waals surface area contributed by atoms with E-state index in [2.05, 4.69) is 0 Å². The monoisotopic (exact) mass is 383 g/mol. The maximum Gasteiger partial charge on any atom is 0.422 e. The number of hydrogen-bond acceptors (Lipinski definition) is 2. The molecule has 0 radical (unpaired) electrons.